The van der Waals surface area contributed by atoms with Crippen molar-refractivity contribution < 1.29 is 4.74 Å². The lowest BCUT2D eigenvalue weighted by Gasteiger charge is -2.24. The molecule has 1 fully saturated rings. The van der Waals surface area contributed by atoms with Crippen molar-refractivity contribution in [2.45, 2.75) is 32.4 Å². The van der Waals surface area contributed by atoms with E-state index >= 15 is 0 Å². The maximum atomic E-state index is 9.31. The van der Waals surface area contributed by atoms with Gasteiger partial charge in [0.2, 0.25) is 0 Å². The van der Waals surface area contributed by atoms with Crippen molar-refractivity contribution in [2.24, 2.45) is 0 Å². The summed E-state index contributed by atoms with van der Waals surface area (Å²) in [5, 5.41) is 9.31. The molecule has 2 aromatic heterocycles. The fraction of sp³-hybridized carbons (Fsp3) is 0.286. The number of fused-ring (bicyclic) bond motifs is 1. The number of nitriles is 1. The number of terminal acetylenes is 1. The van der Waals surface area contributed by atoms with Crippen LogP contribution in [-0.4, -0.2) is 21.1 Å². The zero-order valence-corrected chi connectivity index (χ0v) is 14.6. The molecular weight excluding hydrogens is 324 g/mol. The Hall–Kier alpha value is -3.15. The van der Waals surface area contributed by atoms with Crippen LogP contribution in [0.5, 0.6) is 0 Å². The first-order valence-electron chi connectivity index (χ1n) is 8.69. The molecule has 1 saturated heterocycles. The minimum Gasteiger partial charge on any atom is -0.358 e. The Bertz CT molecular complexity index is 1060. The molecule has 5 nitrogen and oxygen atoms in total. The van der Waals surface area contributed by atoms with E-state index in [0.29, 0.717) is 16.6 Å². The quantitative estimate of drug-likeness (QED) is 0.661. The van der Waals surface area contributed by atoms with Crippen LogP contribution in [0.4, 0.5) is 0 Å². The summed E-state index contributed by atoms with van der Waals surface area (Å²) in [5.41, 5.74) is 5.31. The normalized spacial score (nSPS) is 17.0. The van der Waals surface area contributed by atoms with Crippen LogP contribution in [-0.2, 0) is 4.74 Å². The van der Waals surface area contributed by atoms with Crippen molar-refractivity contribution in [3.8, 4) is 29.7 Å². The van der Waals surface area contributed by atoms with Gasteiger partial charge in [0, 0.05) is 12.2 Å². The highest BCUT2D eigenvalue weighted by Crippen LogP contribution is 2.30. The number of benzene rings is 1. The van der Waals surface area contributed by atoms with Crippen LogP contribution in [0.15, 0.2) is 30.6 Å². The number of nitrogens with zero attached hydrogens (tertiary/aromatic N) is 4. The molecule has 5 heteroatoms. The second-order valence-electron chi connectivity index (χ2n) is 6.43. The molecule has 0 bridgehead atoms. The van der Waals surface area contributed by atoms with E-state index in [4.69, 9.17) is 16.1 Å². The van der Waals surface area contributed by atoms with Gasteiger partial charge in [0.15, 0.2) is 5.65 Å². The van der Waals surface area contributed by atoms with E-state index in [1.165, 1.54) is 0 Å². The molecule has 0 amide bonds. The third-order valence-electron chi connectivity index (χ3n) is 4.88. The Morgan fingerprint density at radius 3 is 2.92 bits per heavy atom. The van der Waals surface area contributed by atoms with Crippen molar-refractivity contribution in [1.29, 1.82) is 5.26 Å². The van der Waals surface area contributed by atoms with Crippen molar-refractivity contribution in [3.05, 3.63) is 47.3 Å². The summed E-state index contributed by atoms with van der Waals surface area (Å²) in [7, 11) is 0. The summed E-state index contributed by atoms with van der Waals surface area (Å²) in [5.74, 6) is 2.72. The third-order valence-corrected chi connectivity index (χ3v) is 4.88. The average Bonchev–Trinajstić information content (AvgIpc) is 3.12. The van der Waals surface area contributed by atoms with Gasteiger partial charge in [-0.1, -0.05) is 18.1 Å². The third kappa shape index (κ3) is 2.63. The molecule has 26 heavy (non-hydrogen) atoms. The molecule has 0 aliphatic carbocycles. The molecular formula is C21H18N4O. The molecule has 4 rings (SSSR count). The summed E-state index contributed by atoms with van der Waals surface area (Å²) < 4.78 is 7.87. The minimum atomic E-state index is -0.0614. The Balaban J connectivity index is 1.92. The summed E-state index contributed by atoms with van der Waals surface area (Å²) in [6.45, 7) is 2.67. The van der Waals surface area contributed by atoms with E-state index in [0.717, 1.165) is 48.3 Å². The Morgan fingerprint density at radius 2 is 2.19 bits per heavy atom. The monoisotopic (exact) mass is 342 g/mol. The van der Waals surface area contributed by atoms with Gasteiger partial charge in [-0.15, -0.1) is 6.42 Å². The number of imidazole rings is 1. The summed E-state index contributed by atoms with van der Waals surface area (Å²) in [6, 6.07) is 9.72. The molecule has 1 aliphatic rings. The lowest BCUT2D eigenvalue weighted by atomic mass is 9.99. The molecule has 1 unspecified atom stereocenters. The van der Waals surface area contributed by atoms with Gasteiger partial charge in [0.25, 0.3) is 0 Å². The maximum Gasteiger partial charge on any atom is 0.163 e. The van der Waals surface area contributed by atoms with E-state index in [9.17, 15) is 5.26 Å². The van der Waals surface area contributed by atoms with Crippen LogP contribution in [0, 0.1) is 30.6 Å². The Morgan fingerprint density at radius 1 is 1.31 bits per heavy atom. The zero-order valence-electron chi connectivity index (χ0n) is 14.6. The van der Waals surface area contributed by atoms with Crippen molar-refractivity contribution in [3.63, 3.8) is 0 Å². The molecule has 1 atom stereocenters. The highest BCUT2D eigenvalue weighted by molar-refractivity contribution is 5.83. The fourth-order valence-electron chi connectivity index (χ4n) is 3.44. The summed E-state index contributed by atoms with van der Waals surface area (Å²) in [6.07, 6.45) is 10.6. The number of aromatic nitrogens is 3. The van der Waals surface area contributed by atoms with Gasteiger partial charge in [0.1, 0.15) is 11.7 Å². The fourth-order valence-corrected chi connectivity index (χ4v) is 3.44. The van der Waals surface area contributed by atoms with E-state index in [-0.39, 0.29) is 6.23 Å². The predicted molar refractivity (Wildman–Crippen MR) is 99.2 cm³/mol. The van der Waals surface area contributed by atoms with Crippen LogP contribution < -0.4 is 0 Å². The number of ether oxygens (including phenoxy) is 1. The molecule has 1 aliphatic heterocycles. The Labute approximate surface area is 152 Å². The number of rotatable bonds is 2. The highest BCUT2D eigenvalue weighted by Gasteiger charge is 2.21. The van der Waals surface area contributed by atoms with Crippen LogP contribution in [0.3, 0.4) is 0 Å². The lowest BCUT2D eigenvalue weighted by molar-refractivity contribution is -0.0298. The van der Waals surface area contributed by atoms with Gasteiger partial charge in [-0.05, 0) is 43.9 Å². The van der Waals surface area contributed by atoms with Crippen LogP contribution in [0.25, 0.3) is 22.4 Å². The van der Waals surface area contributed by atoms with Gasteiger partial charge in [-0.3, -0.25) is 4.57 Å². The maximum absolute atomic E-state index is 9.31. The first-order valence-corrected chi connectivity index (χ1v) is 8.69. The predicted octanol–water partition coefficient (Wildman–Crippen LogP) is 3.96. The molecule has 128 valence electrons. The first-order chi connectivity index (χ1) is 12.7. The van der Waals surface area contributed by atoms with Crippen molar-refractivity contribution in [2.75, 3.05) is 6.61 Å². The number of pyridine rings is 1. The summed E-state index contributed by atoms with van der Waals surface area (Å²) >= 11 is 0. The van der Waals surface area contributed by atoms with E-state index < -0.39 is 0 Å². The minimum absolute atomic E-state index is 0.0614. The van der Waals surface area contributed by atoms with Crippen molar-refractivity contribution >= 4 is 11.2 Å². The van der Waals surface area contributed by atoms with E-state index in [1.807, 2.05) is 29.7 Å². The number of hydrogen-bond acceptors (Lipinski definition) is 4. The van der Waals surface area contributed by atoms with Crippen LogP contribution in [0.1, 0.15) is 42.2 Å². The molecule has 3 aromatic rings. The van der Waals surface area contributed by atoms with Crippen LogP contribution >= 0.6 is 0 Å². The van der Waals surface area contributed by atoms with Gasteiger partial charge in [-0.25, -0.2) is 9.97 Å². The smallest absolute Gasteiger partial charge is 0.163 e. The van der Waals surface area contributed by atoms with Gasteiger partial charge < -0.3 is 4.74 Å². The van der Waals surface area contributed by atoms with Crippen LogP contribution in [0.2, 0.25) is 0 Å². The first kappa shape index (κ1) is 16.3. The number of hydrogen-bond donors (Lipinski definition) is 0. The van der Waals surface area contributed by atoms with Gasteiger partial charge >= 0.3 is 0 Å². The molecule has 1 aromatic carbocycles. The topological polar surface area (TPSA) is 63.7 Å². The zero-order chi connectivity index (χ0) is 18.1. The molecule has 0 spiro atoms. The van der Waals surface area contributed by atoms with Crippen molar-refractivity contribution in [1.82, 2.24) is 14.5 Å². The summed E-state index contributed by atoms with van der Waals surface area (Å²) in [4.78, 5) is 9.32. The van der Waals surface area contributed by atoms with E-state index in [1.54, 1.807) is 12.4 Å². The van der Waals surface area contributed by atoms with Gasteiger partial charge in [0.05, 0.1) is 29.2 Å². The Kier molecular flexibility index (Phi) is 4.16. The SMILES string of the molecule is C#Cc1cc(-c2cccc(C#N)c2C)nc2c1ncn2C1CCCCO1. The molecule has 3 heterocycles. The standard InChI is InChI=1S/C21H18N4O/c1-3-15-11-18(17-8-6-7-16(12-22)14(17)2)24-21-20(15)23-13-25(21)19-9-4-5-10-26-19/h1,6-8,11,13,19H,4-5,9-10H2,2H3. The van der Waals surface area contributed by atoms with E-state index in [2.05, 4.69) is 17.0 Å². The second kappa shape index (κ2) is 6.63. The second-order valence-corrected chi connectivity index (χ2v) is 6.43. The molecule has 0 N–H and O–H groups in total. The highest BCUT2D eigenvalue weighted by atomic mass is 16.5. The van der Waals surface area contributed by atoms with Gasteiger partial charge in [-0.2, -0.15) is 5.26 Å². The largest absolute Gasteiger partial charge is 0.358 e. The molecule has 0 saturated carbocycles. The molecule has 0 radical (unpaired) electrons. The lowest BCUT2D eigenvalue weighted by Crippen LogP contribution is -2.17. The average molecular weight is 342 g/mol.